The summed E-state index contributed by atoms with van der Waals surface area (Å²) in [6.45, 7) is 5.26. The van der Waals surface area contributed by atoms with E-state index in [0.717, 1.165) is 13.0 Å². The first kappa shape index (κ1) is 15.8. The van der Waals surface area contributed by atoms with Gasteiger partial charge >= 0.3 is 0 Å². The van der Waals surface area contributed by atoms with Crippen molar-refractivity contribution in [3.8, 4) is 0 Å². The Balaban J connectivity index is 1.78. The Bertz CT molecular complexity index is 329. The summed E-state index contributed by atoms with van der Waals surface area (Å²) in [6, 6.07) is 0. The van der Waals surface area contributed by atoms with E-state index in [9.17, 15) is 4.79 Å². The fourth-order valence-corrected chi connectivity index (χ4v) is 3.81. The number of carbonyl (C=O) groups is 1. The van der Waals surface area contributed by atoms with Gasteiger partial charge in [0.05, 0.1) is 5.54 Å². The Labute approximate surface area is 123 Å². The minimum absolute atomic E-state index is 0.249. The number of hydrogen-bond acceptors (Lipinski definition) is 3. The van der Waals surface area contributed by atoms with Crippen LogP contribution in [-0.2, 0) is 4.79 Å². The number of nitrogens with two attached hydrogens (primary N) is 1. The molecule has 116 valence electrons. The van der Waals surface area contributed by atoms with E-state index in [0.29, 0.717) is 5.41 Å². The highest BCUT2D eigenvalue weighted by Gasteiger charge is 2.36. The van der Waals surface area contributed by atoms with Crippen LogP contribution >= 0.6 is 0 Å². The van der Waals surface area contributed by atoms with Crippen molar-refractivity contribution in [1.29, 1.82) is 0 Å². The van der Waals surface area contributed by atoms with Crippen LogP contribution in [-0.4, -0.2) is 43.0 Å². The molecule has 1 unspecified atom stereocenters. The van der Waals surface area contributed by atoms with Gasteiger partial charge in [-0.25, -0.2) is 0 Å². The number of likely N-dealkylation sites (N-methyl/N-ethyl adjacent to an activating group) is 1. The molecule has 2 fully saturated rings. The zero-order valence-corrected chi connectivity index (χ0v) is 13.2. The lowest BCUT2D eigenvalue weighted by atomic mass is 9.68. The summed E-state index contributed by atoms with van der Waals surface area (Å²) in [4.78, 5) is 14.0. The van der Waals surface area contributed by atoms with Gasteiger partial charge < -0.3 is 16.0 Å². The molecule has 1 heterocycles. The standard InChI is InChI=1S/C16H31N3O/c1-15(18-2,14(17)20)8-11-19-12-9-16(10-13-19)6-4-3-5-7-16/h18H,3-13H2,1-2H3,(H2,17,20). The lowest BCUT2D eigenvalue weighted by Crippen LogP contribution is -2.53. The SMILES string of the molecule is CNC(C)(CCN1CCC2(CCCCC2)CC1)C(N)=O. The molecule has 1 saturated carbocycles. The van der Waals surface area contributed by atoms with Gasteiger partial charge in [0.2, 0.25) is 5.91 Å². The predicted molar refractivity (Wildman–Crippen MR) is 82.5 cm³/mol. The molecule has 4 heteroatoms. The summed E-state index contributed by atoms with van der Waals surface area (Å²) >= 11 is 0. The van der Waals surface area contributed by atoms with E-state index in [2.05, 4.69) is 10.2 Å². The summed E-state index contributed by atoms with van der Waals surface area (Å²) in [5.74, 6) is -0.249. The van der Waals surface area contributed by atoms with Gasteiger partial charge in [0.25, 0.3) is 0 Å². The first-order valence-electron chi connectivity index (χ1n) is 8.21. The minimum Gasteiger partial charge on any atom is -0.368 e. The third-order valence-corrected chi connectivity index (χ3v) is 5.85. The van der Waals surface area contributed by atoms with Crippen molar-refractivity contribution >= 4 is 5.91 Å². The third kappa shape index (κ3) is 3.53. The smallest absolute Gasteiger partial charge is 0.237 e. The molecule has 0 bridgehead atoms. The van der Waals surface area contributed by atoms with Gasteiger partial charge in [-0.3, -0.25) is 4.79 Å². The molecule has 1 aliphatic heterocycles. The van der Waals surface area contributed by atoms with E-state index in [1.807, 2.05) is 14.0 Å². The number of hydrogen-bond donors (Lipinski definition) is 2. The van der Waals surface area contributed by atoms with Crippen molar-refractivity contribution in [2.75, 3.05) is 26.7 Å². The highest BCUT2D eigenvalue weighted by Crippen LogP contribution is 2.44. The van der Waals surface area contributed by atoms with Crippen LogP contribution in [0.4, 0.5) is 0 Å². The Morgan fingerprint density at radius 3 is 2.30 bits per heavy atom. The average Bonchev–Trinajstić information content (AvgIpc) is 2.47. The van der Waals surface area contributed by atoms with Crippen molar-refractivity contribution in [2.24, 2.45) is 11.1 Å². The number of piperidine rings is 1. The molecule has 1 spiro atoms. The first-order chi connectivity index (χ1) is 9.50. The molecule has 1 aliphatic carbocycles. The average molecular weight is 281 g/mol. The lowest BCUT2D eigenvalue weighted by molar-refractivity contribution is -0.124. The van der Waals surface area contributed by atoms with Crippen molar-refractivity contribution in [1.82, 2.24) is 10.2 Å². The van der Waals surface area contributed by atoms with Crippen molar-refractivity contribution < 1.29 is 4.79 Å². The molecule has 0 aromatic rings. The van der Waals surface area contributed by atoms with Crippen molar-refractivity contribution in [3.05, 3.63) is 0 Å². The number of nitrogens with zero attached hydrogens (tertiary/aromatic N) is 1. The van der Waals surface area contributed by atoms with Gasteiger partial charge in [-0.2, -0.15) is 0 Å². The summed E-state index contributed by atoms with van der Waals surface area (Å²) < 4.78 is 0. The maximum absolute atomic E-state index is 11.5. The molecule has 0 aromatic heterocycles. The maximum atomic E-state index is 11.5. The van der Waals surface area contributed by atoms with Crippen LogP contribution < -0.4 is 11.1 Å². The monoisotopic (exact) mass is 281 g/mol. The largest absolute Gasteiger partial charge is 0.368 e. The van der Waals surface area contributed by atoms with E-state index >= 15 is 0 Å². The Kier molecular flexibility index (Phi) is 5.08. The number of likely N-dealkylation sites (tertiary alicyclic amines) is 1. The fraction of sp³-hybridized carbons (Fsp3) is 0.938. The second-order valence-corrected chi connectivity index (χ2v) is 7.10. The van der Waals surface area contributed by atoms with Crippen molar-refractivity contribution in [2.45, 2.75) is 63.8 Å². The second kappa shape index (κ2) is 6.44. The van der Waals surface area contributed by atoms with Gasteiger partial charge in [-0.15, -0.1) is 0 Å². The molecular formula is C16H31N3O. The molecule has 0 aromatic carbocycles. The third-order valence-electron chi connectivity index (χ3n) is 5.85. The molecule has 1 saturated heterocycles. The number of amides is 1. The Morgan fingerprint density at radius 1 is 1.20 bits per heavy atom. The summed E-state index contributed by atoms with van der Waals surface area (Å²) in [5, 5.41) is 3.07. The molecule has 3 N–H and O–H groups in total. The van der Waals surface area contributed by atoms with Crippen LogP contribution in [0.15, 0.2) is 0 Å². The summed E-state index contributed by atoms with van der Waals surface area (Å²) in [6.07, 6.45) is 10.7. The number of nitrogens with one attached hydrogen (secondary N) is 1. The number of primary amides is 1. The van der Waals surface area contributed by atoms with E-state index < -0.39 is 5.54 Å². The van der Waals surface area contributed by atoms with E-state index in [4.69, 9.17) is 5.73 Å². The van der Waals surface area contributed by atoms with Gasteiger partial charge in [0.15, 0.2) is 0 Å². The molecule has 1 amide bonds. The Morgan fingerprint density at radius 2 is 1.80 bits per heavy atom. The molecule has 1 atom stereocenters. The topological polar surface area (TPSA) is 58.4 Å². The molecule has 0 radical (unpaired) electrons. The van der Waals surface area contributed by atoms with Gasteiger partial charge in [0, 0.05) is 6.54 Å². The van der Waals surface area contributed by atoms with E-state index in [1.165, 1.54) is 58.0 Å². The summed E-state index contributed by atoms with van der Waals surface area (Å²) in [7, 11) is 1.82. The van der Waals surface area contributed by atoms with E-state index in [1.54, 1.807) is 0 Å². The fourth-order valence-electron chi connectivity index (χ4n) is 3.81. The zero-order chi connectivity index (χ0) is 14.6. The quantitative estimate of drug-likeness (QED) is 0.809. The molecular weight excluding hydrogens is 250 g/mol. The van der Waals surface area contributed by atoms with Crippen LogP contribution in [0.3, 0.4) is 0 Å². The van der Waals surface area contributed by atoms with Crippen LogP contribution in [0.2, 0.25) is 0 Å². The van der Waals surface area contributed by atoms with Gasteiger partial charge in [-0.1, -0.05) is 19.3 Å². The van der Waals surface area contributed by atoms with Crippen LogP contribution in [0.25, 0.3) is 0 Å². The highest BCUT2D eigenvalue weighted by atomic mass is 16.1. The van der Waals surface area contributed by atoms with Gasteiger partial charge in [-0.05, 0) is 64.6 Å². The molecule has 2 aliphatic rings. The van der Waals surface area contributed by atoms with E-state index in [-0.39, 0.29) is 5.91 Å². The van der Waals surface area contributed by atoms with Crippen LogP contribution in [0.1, 0.15) is 58.3 Å². The number of carbonyl (C=O) groups excluding carboxylic acids is 1. The first-order valence-corrected chi connectivity index (χ1v) is 8.21. The molecule has 4 nitrogen and oxygen atoms in total. The predicted octanol–water partition coefficient (Wildman–Crippen LogP) is 1.89. The van der Waals surface area contributed by atoms with Gasteiger partial charge in [0.1, 0.15) is 0 Å². The Hall–Kier alpha value is -0.610. The highest BCUT2D eigenvalue weighted by molar-refractivity contribution is 5.84. The lowest BCUT2D eigenvalue weighted by Gasteiger charge is -2.44. The molecule has 2 rings (SSSR count). The van der Waals surface area contributed by atoms with Crippen LogP contribution in [0, 0.1) is 5.41 Å². The normalized spacial score (nSPS) is 26.3. The van der Waals surface area contributed by atoms with Crippen LogP contribution in [0.5, 0.6) is 0 Å². The van der Waals surface area contributed by atoms with Crippen molar-refractivity contribution in [3.63, 3.8) is 0 Å². The number of rotatable bonds is 5. The minimum atomic E-state index is -0.569. The zero-order valence-electron chi connectivity index (χ0n) is 13.2. The summed E-state index contributed by atoms with van der Waals surface area (Å²) in [5.41, 5.74) is 5.58. The second-order valence-electron chi connectivity index (χ2n) is 7.10. The maximum Gasteiger partial charge on any atom is 0.237 e. The molecule has 20 heavy (non-hydrogen) atoms.